The maximum Gasteiger partial charge on any atom is 0.416 e. The minimum atomic E-state index is -4.53. The van der Waals surface area contributed by atoms with Crippen molar-refractivity contribution in [1.82, 2.24) is 20.2 Å². The molecule has 0 saturated carbocycles. The van der Waals surface area contributed by atoms with Crippen LogP contribution in [0.15, 0.2) is 48.7 Å². The number of hydrogen-bond donors (Lipinski definition) is 3. The summed E-state index contributed by atoms with van der Waals surface area (Å²) in [5, 5.41) is 2.62. The number of aryl methyl sites for hydroxylation is 1. The minimum absolute atomic E-state index is 0.0918. The lowest BCUT2D eigenvalue weighted by molar-refractivity contribution is -0.138. The molecule has 2 aliphatic rings. The number of carbonyl (C=O) groups excluding carboxylic acids is 1. The van der Waals surface area contributed by atoms with E-state index in [2.05, 4.69) is 37.9 Å². The summed E-state index contributed by atoms with van der Waals surface area (Å²) in [6.45, 7) is 5.80. The van der Waals surface area contributed by atoms with E-state index in [-0.39, 0.29) is 17.8 Å². The number of halogens is 3. The Kier molecular flexibility index (Phi) is 7.57. The minimum Gasteiger partial charge on any atom is -0.322 e. The van der Waals surface area contributed by atoms with Crippen molar-refractivity contribution in [1.29, 1.82) is 0 Å². The van der Waals surface area contributed by atoms with Crippen molar-refractivity contribution < 1.29 is 18.0 Å². The summed E-state index contributed by atoms with van der Waals surface area (Å²) in [6.07, 6.45) is -2.86. The Labute approximate surface area is 225 Å². The number of hydrogen-bond acceptors (Lipinski definition) is 6. The number of likely N-dealkylation sites (N-methyl/N-ethyl adjacent to an activating group) is 1. The molecule has 3 heterocycles. The molecule has 1 saturated heterocycles. The van der Waals surface area contributed by atoms with E-state index in [4.69, 9.17) is 0 Å². The molecule has 10 heteroatoms. The van der Waals surface area contributed by atoms with Gasteiger partial charge in [-0.1, -0.05) is 24.0 Å². The fourth-order valence-electron chi connectivity index (χ4n) is 4.59. The lowest BCUT2D eigenvalue weighted by Gasteiger charge is -2.33. The highest BCUT2D eigenvalue weighted by Crippen LogP contribution is 2.34. The van der Waals surface area contributed by atoms with E-state index in [0.717, 1.165) is 41.7 Å². The number of benzene rings is 2. The van der Waals surface area contributed by atoms with E-state index in [1.807, 2.05) is 24.9 Å². The van der Waals surface area contributed by atoms with Gasteiger partial charge < -0.3 is 15.6 Å². The number of amides is 1. The third-order valence-electron chi connectivity index (χ3n) is 6.96. The molecule has 0 unspecified atom stereocenters. The summed E-state index contributed by atoms with van der Waals surface area (Å²) in [6, 6.07) is 11.0. The van der Waals surface area contributed by atoms with Crippen LogP contribution in [-0.4, -0.2) is 53.9 Å². The van der Waals surface area contributed by atoms with Gasteiger partial charge in [0.25, 0.3) is 5.91 Å². The van der Waals surface area contributed by atoms with Crippen LogP contribution in [0.1, 0.15) is 43.7 Å². The summed E-state index contributed by atoms with van der Waals surface area (Å²) in [5.41, 5.74) is 9.11. The lowest BCUT2D eigenvalue weighted by Crippen LogP contribution is -2.44. The molecule has 0 atom stereocenters. The Morgan fingerprint density at radius 1 is 1.08 bits per heavy atom. The van der Waals surface area contributed by atoms with Gasteiger partial charge in [-0.15, -0.1) is 0 Å². The Morgan fingerprint density at radius 3 is 2.64 bits per heavy atom. The van der Waals surface area contributed by atoms with Crippen molar-refractivity contribution in [2.45, 2.75) is 26.2 Å². The van der Waals surface area contributed by atoms with Gasteiger partial charge in [-0.25, -0.2) is 10.4 Å². The smallest absolute Gasteiger partial charge is 0.322 e. The molecule has 2 aliphatic heterocycles. The number of alkyl halides is 3. The first-order valence-electron chi connectivity index (χ1n) is 12.7. The number of hydrazine groups is 1. The SMILES string of the molecule is Cc1ccc(C(=O)Nc2ccc(CN3CCN(C)CC3)c(C(F)(F)F)c2)cc1C#Cc1cnc2c(c1)CNN2. The Balaban J connectivity index is 1.33. The molecule has 202 valence electrons. The lowest BCUT2D eigenvalue weighted by atomic mass is 10.0. The van der Waals surface area contributed by atoms with Gasteiger partial charge in [0.15, 0.2) is 0 Å². The van der Waals surface area contributed by atoms with E-state index in [1.165, 1.54) is 12.1 Å². The Hall–Kier alpha value is -3.91. The number of nitrogens with zero attached hydrogens (tertiary/aromatic N) is 3. The summed E-state index contributed by atoms with van der Waals surface area (Å²) in [7, 11) is 2.00. The van der Waals surface area contributed by atoms with Crippen molar-refractivity contribution in [2.75, 3.05) is 44.0 Å². The third kappa shape index (κ3) is 6.40. The number of aromatic nitrogens is 1. The Morgan fingerprint density at radius 2 is 1.87 bits per heavy atom. The van der Waals surface area contributed by atoms with Gasteiger partial charge in [0.05, 0.1) is 5.56 Å². The van der Waals surface area contributed by atoms with E-state index in [0.29, 0.717) is 30.8 Å². The molecule has 0 spiro atoms. The summed E-state index contributed by atoms with van der Waals surface area (Å²) in [5.74, 6) is 6.44. The largest absolute Gasteiger partial charge is 0.416 e. The molecular weight excluding hydrogens is 505 g/mol. The highest BCUT2D eigenvalue weighted by molar-refractivity contribution is 6.04. The van der Waals surface area contributed by atoms with Gasteiger partial charge in [-0.05, 0) is 55.4 Å². The fraction of sp³-hybridized carbons (Fsp3) is 0.310. The quantitative estimate of drug-likeness (QED) is 0.435. The Bertz CT molecular complexity index is 1450. The molecule has 0 aliphatic carbocycles. The zero-order chi connectivity index (χ0) is 27.6. The molecule has 0 bridgehead atoms. The number of rotatable bonds is 4. The zero-order valence-electron chi connectivity index (χ0n) is 21.7. The highest BCUT2D eigenvalue weighted by Gasteiger charge is 2.34. The van der Waals surface area contributed by atoms with Crippen molar-refractivity contribution in [2.24, 2.45) is 0 Å². The van der Waals surface area contributed by atoms with Crippen LogP contribution in [0.3, 0.4) is 0 Å². The van der Waals surface area contributed by atoms with Crippen molar-refractivity contribution in [3.8, 4) is 11.8 Å². The van der Waals surface area contributed by atoms with Crippen molar-refractivity contribution >= 4 is 17.4 Å². The van der Waals surface area contributed by atoms with E-state index >= 15 is 0 Å². The second kappa shape index (κ2) is 11.1. The molecule has 3 N–H and O–H groups in total. The average molecular weight is 535 g/mol. The van der Waals surface area contributed by atoms with Crippen LogP contribution < -0.4 is 16.2 Å². The highest BCUT2D eigenvalue weighted by atomic mass is 19.4. The maximum atomic E-state index is 13.9. The van der Waals surface area contributed by atoms with E-state index < -0.39 is 17.6 Å². The second-order valence-electron chi connectivity index (χ2n) is 9.89. The standard InChI is InChI=1S/C29H29F3N6O/c1-19-3-5-22(14-21(19)6-4-20-13-24-17-34-36-27(24)33-16-20)28(39)35-25-8-7-23(26(15-25)29(30,31)32)18-38-11-9-37(2)10-12-38/h3,5,7-8,13-16,34H,9-12,17-18H2,1-2H3,(H,33,36)(H,35,39). The van der Waals surface area contributed by atoms with Crippen LogP contribution in [0.5, 0.6) is 0 Å². The topological polar surface area (TPSA) is 72.5 Å². The first-order chi connectivity index (χ1) is 18.7. The van der Waals surface area contributed by atoms with Crippen molar-refractivity contribution in [3.05, 3.63) is 87.6 Å². The fourth-order valence-corrected chi connectivity index (χ4v) is 4.59. The van der Waals surface area contributed by atoms with E-state index in [9.17, 15) is 18.0 Å². The van der Waals surface area contributed by atoms with Gasteiger partial charge in [0.1, 0.15) is 5.82 Å². The number of fused-ring (bicyclic) bond motifs is 1. The predicted octanol–water partition coefficient (Wildman–Crippen LogP) is 4.24. The molecule has 1 amide bonds. The molecule has 3 aromatic rings. The van der Waals surface area contributed by atoms with Gasteiger partial charge in [0.2, 0.25) is 0 Å². The number of pyridine rings is 1. The molecule has 0 radical (unpaired) electrons. The van der Waals surface area contributed by atoms with Gasteiger partial charge in [-0.2, -0.15) is 13.2 Å². The molecule has 5 rings (SSSR count). The van der Waals surface area contributed by atoms with Gasteiger partial charge >= 0.3 is 6.18 Å². The average Bonchev–Trinajstić information content (AvgIpc) is 3.38. The van der Waals surface area contributed by atoms with Crippen LogP contribution in [0.2, 0.25) is 0 Å². The predicted molar refractivity (Wildman–Crippen MR) is 144 cm³/mol. The number of nitrogens with one attached hydrogen (secondary N) is 3. The number of anilines is 2. The van der Waals surface area contributed by atoms with Crippen LogP contribution in [0.25, 0.3) is 0 Å². The van der Waals surface area contributed by atoms with Crippen molar-refractivity contribution in [3.63, 3.8) is 0 Å². The number of piperazine rings is 1. The van der Waals surface area contributed by atoms with Crippen LogP contribution >= 0.6 is 0 Å². The molecule has 39 heavy (non-hydrogen) atoms. The summed E-state index contributed by atoms with van der Waals surface area (Å²) >= 11 is 0. The van der Waals surface area contributed by atoms with Gasteiger partial charge in [0, 0.05) is 73.4 Å². The first kappa shape index (κ1) is 26.7. The van der Waals surface area contributed by atoms with E-state index in [1.54, 1.807) is 24.4 Å². The summed E-state index contributed by atoms with van der Waals surface area (Å²) < 4.78 is 41.8. The molecule has 2 aromatic carbocycles. The van der Waals surface area contributed by atoms with Gasteiger partial charge in [-0.3, -0.25) is 9.69 Å². The molecule has 1 fully saturated rings. The summed E-state index contributed by atoms with van der Waals surface area (Å²) in [4.78, 5) is 21.5. The van der Waals surface area contributed by atoms with Crippen LogP contribution in [-0.2, 0) is 19.3 Å². The van der Waals surface area contributed by atoms with Crippen LogP contribution in [0, 0.1) is 18.8 Å². The third-order valence-corrected chi connectivity index (χ3v) is 6.96. The molecule has 1 aromatic heterocycles. The maximum absolute atomic E-state index is 13.9. The first-order valence-corrected chi connectivity index (χ1v) is 12.7. The monoisotopic (exact) mass is 534 g/mol. The second-order valence-corrected chi connectivity index (χ2v) is 9.89. The number of carbonyl (C=O) groups is 1. The normalized spacial score (nSPS) is 15.7. The molecular formula is C29H29F3N6O. The zero-order valence-corrected chi connectivity index (χ0v) is 21.7. The van der Waals surface area contributed by atoms with Crippen LogP contribution in [0.4, 0.5) is 24.7 Å². The molecule has 7 nitrogen and oxygen atoms in total.